The maximum Gasteiger partial charge on any atom is 0.303 e. The van der Waals surface area contributed by atoms with Crippen molar-refractivity contribution in [3.8, 4) is 11.1 Å². The van der Waals surface area contributed by atoms with E-state index in [4.69, 9.17) is 5.11 Å². The van der Waals surface area contributed by atoms with Gasteiger partial charge in [-0.1, -0.05) is 0 Å². The summed E-state index contributed by atoms with van der Waals surface area (Å²) in [5.41, 5.74) is 0.930. The summed E-state index contributed by atoms with van der Waals surface area (Å²) < 4.78 is 26.7. The van der Waals surface area contributed by atoms with Gasteiger partial charge in [0.05, 0.1) is 12.6 Å². The van der Waals surface area contributed by atoms with Gasteiger partial charge in [-0.15, -0.1) is 0 Å². The van der Waals surface area contributed by atoms with Gasteiger partial charge in [0.15, 0.2) is 0 Å². The Morgan fingerprint density at radius 3 is 2.83 bits per heavy atom. The van der Waals surface area contributed by atoms with Gasteiger partial charge in [0, 0.05) is 23.2 Å². The van der Waals surface area contributed by atoms with Crippen LogP contribution in [-0.4, -0.2) is 21.3 Å². The van der Waals surface area contributed by atoms with Gasteiger partial charge in [0.2, 0.25) is 0 Å². The number of hydrogen-bond donors (Lipinski definition) is 2. The van der Waals surface area contributed by atoms with Crippen LogP contribution in [0, 0.1) is 11.6 Å². The first kappa shape index (κ1) is 12.2. The third-order valence-corrected chi connectivity index (χ3v) is 2.53. The molecule has 0 aliphatic rings. The first-order valence-electron chi connectivity index (χ1n) is 5.27. The molecule has 2 rings (SSSR count). The topological polar surface area (TPSA) is 66.0 Å². The van der Waals surface area contributed by atoms with Crippen LogP contribution in [0.1, 0.15) is 12.1 Å². The van der Waals surface area contributed by atoms with Gasteiger partial charge in [0.25, 0.3) is 0 Å². The van der Waals surface area contributed by atoms with Crippen LogP contribution >= 0.6 is 0 Å². The van der Waals surface area contributed by atoms with Gasteiger partial charge in [0.1, 0.15) is 11.6 Å². The quantitative estimate of drug-likeness (QED) is 0.877. The summed E-state index contributed by atoms with van der Waals surface area (Å²) in [5, 5.41) is 14.9. The van der Waals surface area contributed by atoms with Crippen molar-refractivity contribution >= 4 is 5.97 Å². The minimum absolute atomic E-state index is 0.0733. The number of carbonyl (C=O) groups is 1. The molecule has 2 N–H and O–H groups in total. The molecule has 1 heterocycles. The first-order chi connectivity index (χ1) is 8.58. The molecular formula is C12H10F2N2O2. The molecule has 6 heteroatoms. The summed E-state index contributed by atoms with van der Waals surface area (Å²) in [6.45, 7) is 0. The zero-order valence-corrected chi connectivity index (χ0v) is 9.28. The van der Waals surface area contributed by atoms with Crippen molar-refractivity contribution in [3.63, 3.8) is 0 Å². The molecule has 0 spiro atoms. The van der Waals surface area contributed by atoms with Gasteiger partial charge in [-0.2, -0.15) is 5.10 Å². The minimum atomic E-state index is -0.963. The molecule has 0 saturated heterocycles. The number of nitrogens with zero attached hydrogens (tertiary/aromatic N) is 1. The predicted octanol–water partition coefficient (Wildman–Crippen LogP) is 2.37. The van der Waals surface area contributed by atoms with Gasteiger partial charge >= 0.3 is 5.97 Å². The fourth-order valence-corrected chi connectivity index (χ4v) is 1.67. The van der Waals surface area contributed by atoms with Crippen LogP contribution in [0.15, 0.2) is 24.4 Å². The Bertz CT molecular complexity index is 581. The second-order valence-electron chi connectivity index (χ2n) is 3.78. The van der Waals surface area contributed by atoms with Crippen LogP contribution in [0.3, 0.4) is 0 Å². The molecule has 0 amide bonds. The highest BCUT2D eigenvalue weighted by Crippen LogP contribution is 2.26. The van der Waals surface area contributed by atoms with Crippen LogP contribution in [0.2, 0.25) is 0 Å². The maximum absolute atomic E-state index is 13.6. The lowest BCUT2D eigenvalue weighted by molar-refractivity contribution is -0.136. The van der Waals surface area contributed by atoms with Crippen molar-refractivity contribution in [1.82, 2.24) is 10.2 Å². The SMILES string of the molecule is O=C(O)CCc1[nH]ncc1-c1cc(F)ccc1F. The molecule has 1 aromatic heterocycles. The van der Waals surface area contributed by atoms with Crippen molar-refractivity contribution in [3.05, 3.63) is 41.7 Å². The summed E-state index contributed by atoms with van der Waals surface area (Å²) in [5.74, 6) is -2.10. The third kappa shape index (κ3) is 2.53. The highest BCUT2D eigenvalue weighted by Gasteiger charge is 2.13. The van der Waals surface area contributed by atoms with E-state index in [1.165, 1.54) is 6.20 Å². The molecule has 0 fully saturated rings. The lowest BCUT2D eigenvalue weighted by Gasteiger charge is -2.04. The number of carboxylic acids is 1. The van der Waals surface area contributed by atoms with Gasteiger partial charge in [-0.05, 0) is 18.2 Å². The number of aromatic amines is 1. The third-order valence-electron chi connectivity index (χ3n) is 2.53. The predicted molar refractivity (Wildman–Crippen MR) is 59.9 cm³/mol. The fraction of sp³-hybridized carbons (Fsp3) is 0.167. The molecule has 4 nitrogen and oxygen atoms in total. The Labute approximate surface area is 101 Å². The lowest BCUT2D eigenvalue weighted by Crippen LogP contribution is -1.99. The fourth-order valence-electron chi connectivity index (χ4n) is 1.67. The summed E-state index contributed by atoms with van der Waals surface area (Å²) in [6.07, 6.45) is 1.43. The Kier molecular flexibility index (Phi) is 3.36. The van der Waals surface area contributed by atoms with Crippen molar-refractivity contribution in [1.29, 1.82) is 0 Å². The number of halogens is 2. The van der Waals surface area contributed by atoms with Crippen molar-refractivity contribution in [2.24, 2.45) is 0 Å². The molecule has 1 aromatic carbocycles. The van der Waals surface area contributed by atoms with E-state index in [9.17, 15) is 13.6 Å². The van der Waals surface area contributed by atoms with Gasteiger partial charge < -0.3 is 5.11 Å². The highest BCUT2D eigenvalue weighted by atomic mass is 19.1. The molecule has 0 aliphatic carbocycles. The maximum atomic E-state index is 13.6. The van der Waals surface area contributed by atoms with Crippen molar-refractivity contribution < 1.29 is 18.7 Å². The highest BCUT2D eigenvalue weighted by molar-refractivity contribution is 5.69. The van der Waals surface area contributed by atoms with Gasteiger partial charge in [-0.25, -0.2) is 8.78 Å². The number of nitrogens with one attached hydrogen (secondary N) is 1. The number of aliphatic carboxylic acids is 1. The smallest absolute Gasteiger partial charge is 0.303 e. The van der Waals surface area contributed by atoms with Crippen LogP contribution in [0.5, 0.6) is 0 Å². The Hall–Kier alpha value is -2.24. The molecule has 0 radical (unpaired) electrons. The van der Waals surface area contributed by atoms with Crippen LogP contribution in [-0.2, 0) is 11.2 Å². The number of aromatic nitrogens is 2. The summed E-state index contributed by atoms with van der Waals surface area (Å²) in [6, 6.07) is 3.11. The molecule has 94 valence electrons. The van der Waals surface area contributed by atoms with E-state index in [1.807, 2.05) is 0 Å². The van der Waals surface area contributed by atoms with E-state index in [1.54, 1.807) is 0 Å². The number of hydrogen-bond acceptors (Lipinski definition) is 2. The zero-order valence-electron chi connectivity index (χ0n) is 9.28. The monoisotopic (exact) mass is 252 g/mol. The van der Waals surface area contributed by atoms with Crippen LogP contribution in [0.25, 0.3) is 11.1 Å². The molecule has 0 unspecified atom stereocenters. The number of aryl methyl sites for hydroxylation is 1. The molecule has 0 aliphatic heterocycles. The van der Waals surface area contributed by atoms with E-state index in [0.717, 1.165) is 18.2 Å². The Balaban J connectivity index is 2.36. The van der Waals surface area contributed by atoms with E-state index >= 15 is 0 Å². The molecular weight excluding hydrogens is 242 g/mol. The Morgan fingerprint density at radius 1 is 1.33 bits per heavy atom. The second-order valence-corrected chi connectivity index (χ2v) is 3.78. The van der Waals surface area contributed by atoms with Crippen molar-refractivity contribution in [2.75, 3.05) is 0 Å². The number of H-pyrrole nitrogens is 1. The standard InChI is InChI=1S/C12H10F2N2O2/c13-7-1-2-10(14)8(5-7)9-6-15-16-11(9)3-4-12(17)18/h1-2,5-6H,3-4H2,(H,15,16)(H,17,18). The lowest BCUT2D eigenvalue weighted by atomic mass is 10.0. The van der Waals surface area contributed by atoms with Gasteiger partial charge in [-0.3, -0.25) is 9.89 Å². The number of rotatable bonds is 4. The van der Waals surface area contributed by atoms with Crippen LogP contribution < -0.4 is 0 Å². The number of benzene rings is 1. The van der Waals surface area contributed by atoms with Crippen molar-refractivity contribution in [2.45, 2.75) is 12.8 Å². The summed E-state index contributed by atoms with van der Waals surface area (Å²) >= 11 is 0. The molecule has 18 heavy (non-hydrogen) atoms. The average molecular weight is 252 g/mol. The number of carboxylic acid groups (broad SMARTS) is 1. The van der Waals surface area contributed by atoms with E-state index in [0.29, 0.717) is 11.3 Å². The molecule has 0 bridgehead atoms. The van der Waals surface area contributed by atoms with E-state index in [2.05, 4.69) is 10.2 Å². The second kappa shape index (κ2) is 4.95. The molecule has 0 saturated carbocycles. The average Bonchev–Trinajstić information content (AvgIpc) is 2.77. The van der Waals surface area contributed by atoms with E-state index in [-0.39, 0.29) is 18.4 Å². The first-order valence-corrected chi connectivity index (χ1v) is 5.27. The van der Waals surface area contributed by atoms with E-state index < -0.39 is 17.6 Å². The Morgan fingerprint density at radius 2 is 2.11 bits per heavy atom. The summed E-state index contributed by atoms with van der Waals surface area (Å²) in [4.78, 5) is 10.5. The normalized spacial score (nSPS) is 10.6. The minimum Gasteiger partial charge on any atom is -0.481 e. The zero-order chi connectivity index (χ0) is 13.1. The largest absolute Gasteiger partial charge is 0.481 e. The van der Waals surface area contributed by atoms with Crippen LogP contribution in [0.4, 0.5) is 8.78 Å². The molecule has 0 atom stereocenters. The molecule has 2 aromatic rings. The summed E-state index contributed by atoms with van der Waals surface area (Å²) in [7, 11) is 0.